The molecule has 0 amide bonds. The van der Waals surface area contributed by atoms with Crippen molar-refractivity contribution in [2.75, 3.05) is 13.1 Å². The molecular formula is C7H9Cl2N3O2S. The van der Waals surface area contributed by atoms with Crippen LogP contribution in [0, 0.1) is 0 Å². The Morgan fingerprint density at radius 3 is 2.67 bits per heavy atom. The van der Waals surface area contributed by atoms with E-state index in [1.54, 1.807) is 0 Å². The molecule has 0 fully saturated rings. The maximum Gasteiger partial charge on any atom is 0.242 e. The molecule has 1 aromatic heterocycles. The number of nitrogens with one attached hydrogen (secondary N) is 1. The largest absolute Gasteiger partial charge is 0.329 e. The van der Waals surface area contributed by atoms with Crippen LogP contribution in [-0.2, 0) is 10.0 Å². The zero-order chi connectivity index (χ0) is 11.5. The lowest BCUT2D eigenvalue weighted by molar-refractivity contribution is 0.582. The van der Waals surface area contributed by atoms with Gasteiger partial charge in [-0.1, -0.05) is 23.2 Å². The van der Waals surface area contributed by atoms with Gasteiger partial charge < -0.3 is 5.73 Å². The van der Waals surface area contributed by atoms with E-state index >= 15 is 0 Å². The summed E-state index contributed by atoms with van der Waals surface area (Å²) >= 11 is 11.2. The highest BCUT2D eigenvalue weighted by Crippen LogP contribution is 2.21. The molecule has 0 spiro atoms. The van der Waals surface area contributed by atoms with Crippen LogP contribution in [0.5, 0.6) is 0 Å². The predicted molar refractivity (Wildman–Crippen MR) is 58.5 cm³/mol. The first-order valence-corrected chi connectivity index (χ1v) is 6.22. The number of hydrogen-bond acceptors (Lipinski definition) is 4. The van der Waals surface area contributed by atoms with Gasteiger partial charge >= 0.3 is 0 Å². The Bertz CT molecular complexity index is 450. The van der Waals surface area contributed by atoms with Gasteiger partial charge in [0.1, 0.15) is 10.0 Å². The van der Waals surface area contributed by atoms with E-state index in [0.29, 0.717) is 0 Å². The lowest BCUT2D eigenvalue weighted by Gasteiger charge is -2.05. The third kappa shape index (κ3) is 3.29. The highest BCUT2D eigenvalue weighted by atomic mass is 35.5. The van der Waals surface area contributed by atoms with Crippen molar-refractivity contribution in [3.05, 3.63) is 22.4 Å². The van der Waals surface area contributed by atoms with Crippen LogP contribution in [0.2, 0.25) is 10.2 Å². The zero-order valence-corrected chi connectivity index (χ0v) is 9.90. The molecular weight excluding hydrogens is 261 g/mol. The molecule has 8 heteroatoms. The fourth-order valence-electron chi connectivity index (χ4n) is 0.827. The summed E-state index contributed by atoms with van der Waals surface area (Å²) in [5.41, 5.74) is 5.18. The number of halogens is 2. The maximum absolute atomic E-state index is 11.5. The van der Waals surface area contributed by atoms with E-state index in [0.717, 1.165) is 6.20 Å². The standard InChI is InChI=1S/C7H9Cl2N3O2S/c8-6-3-5(4-11-7(6)9)15(13,14)12-2-1-10/h3-4,12H,1-2,10H2. The molecule has 0 saturated carbocycles. The first-order chi connectivity index (χ1) is 6.97. The summed E-state index contributed by atoms with van der Waals surface area (Å²) in [6, 6.07) is 1.23. The van der Waals surface area contributed by atoms with E-state index in [4.69, 9.17) is 28.9 Å². The molecule has 5 nitrogen and oxygen atoms in total. The van der Waals surface area contributed by atoms with Gasteiger partial charge in [-0.15, -0.1) is 0 Å². The van der Waals surface area contributed by atoms with Crippen LogP contribution in [0.3, 0.4) is 0 Å². The number of hydrogen-bond donors (Lipinski definition) is 2. The van der Waals surface area contributed by atoms with Gasteiger partial charge in [-0.05, 0) is 6.07 Å². The third-order valence-corrected chi connectivity index (χ3v) is 3.63. The monoisotopic (exact) mass is 269 g/mol. The zero-order valence-electron chi connectivity index (χ0n) is 7.57. The Kier molecular flexibility index (Phi) is 4.30. The van der Waals surface area contributed by atoms with Crippen LogP contribution in [-0.4, -0.2) is 26.5 Å². The van der Waals surface area contributed by atoms with Gasteiger partial charge in [0.05, 0.1) is 5.02 Å². The van der Waals surface area contributed by atoms with Crippen LogP contribution in [0.15, 0.2) is 17.2 Å². The van der Waals surface area contributed by atoms with Crippen molar-refractivity contribution in [2.45, 2.75) is 4.90 Å². The number of aromatic nitrogens is 1. The second-order valence-corrected chi connectivity index (χ2v) is 5.16. The SMILES string of the molecule is NCCNS(=O)(=O)c1cnc(Cl)c(Cl)c1. The molecule has 0 atom stereocenters. The second kappa shape index (κ2) is 5.09. The minimum atomic E-state index is -3.60. The Morgan fingerprint density at radius 2 is 2.13 bits per heavy atom. The van der Waals surface area contributed by atoms with E-state index in [1.807, 2.05) is 0 Å². The molecule has 0 aromatic carbocycles. The van der Waals surface area contributed by atoms with Crippen molar-refractivity contribution in [2.24, 2.45) is 5.73 Å². The predicted octanol–water partition coefficient (Wildman–Crippen LogP) is 0.625. The van der Waals surface area contributed by atoms with Gasteiger partial charge in [0.25, 0.3) is 0 Å². The topological polar surface area (TPSA) is 85.1 Å². The molecule has 0 unspecified atom stereocenters. The molecule has 0 bridgehead atoms. The fourth-order valence-corrected chi connectivity index (χ4v) is 2.18. The highest BCUT2D eigenvalue weighted by molar-refractivity contribution is 7.89. The smallest absolute Gasteiger partial charge is 0.242 e. The number of pyridine rings is 1. The number of sulfonamides is 1. The summed E-state index contributed by atoms with van der Waals surface area (Å²) in [6.07, 6.45) is 1.13. The van der Waals surface area contributed by atoms with Crippen LogP contribution in [0.1, 0.15) is 0 Å². The number of nitrogens with zero attached hydrogens (tertiary/aromatic N) is 1. The first kappa shape index (κ1) is 12.7. The number of nitrogens with two attached hydrogens (primary N) is 1. The Hall–Kier alpha value is -0.400. The van der Waals surface area contributed by atoms with E-state index in [9.17, 15) is 8.42 Å². The molecule has 0 radical (unpaired) electrons. The summed E-state index contributed by atoms with van der Waals surface area (Å²) in [5, 5.41) is 0.154. The lowest BCUT2D eigenvalue weighted by Crippen LogP contribution is -2.29. The average molecular weight is 270 g/mol. The number of rotatable bonds is 4. The quantitative estimate of drug-likeness (QED) is 0.786. The van der Waals surface area contributed by atoms with Crippen LogP contribution in [0.25, 0.3) is 0 Å². The minimum absolute atomic E-state index is 0.0367. The molecule has 0 aliphatic carbocycles. The molecule has 3 N–H and O–H groups in total. The van der Waals surface area contributed by atoms with Crippen molar-refractivity contribution in [1.29, 1.82) is 0 Å². The summed E-state index contributed by atoms with van der Waals surface area (Å²) < 4.78 is 25.4. The molecule has 0 aliphatic rings. The first-order valence-electron chi connectivity index (χ1n) is 3.98. The summed E-state index contributed by atoms with van der Waals surface area (Å²) in [7, 11) is -3.60. The highest BCUT2D eigenvalue weighted by Gasteiger charge is 2.15. The average Bonchev–Trinajstić information content (AvgIpc) is 2.19. The van der Waals surface area contributed by atoms with Gasteiger partial charge in [-0.2, -0.15) is 0 Å². The third-order valence-electron chi connectivity index (χ3n) is 1.52. The summed E-state index contributed by atoms with van der Waals surface area (Å²) in [6.45, 7) is 0.372. The molecule has 0 saturated heterocycles. The molecule has 15 heavy (non-hydrogen) atoms. The summed E-state index contributed by atoms with van der Waals surface area (Å²) in [5.74, 6) is 0. The van der Waals surface area contributed by atoms with Crippen molar-refractivity contribution in [3.63, 3.8) is 0 Å². The van der Waals surface area contributed by atoms with Gasteiger partial charge in [0, 0.05) is 19.3 Å². The Labute approximate surface area is 97.6 Å². The van der Waals surface area contributed by atoms with Gasteiger partial charge in [-0.25, -0.2) is 18.1 Å². The molecule has 1 heterocycles. The lowest BCUT2D eigenvalue weighted by atomic mass is 10.5. The van der Waals surface area contributed by atoms with E-state index in [-0.39, 0.29) is 28.2 Å². The van der Waals surface area contributed by atoms with E-state index < -0.39 is 10.0 Å². The van der Waals surface area contributed by atoms with Gasteiger partial charge in [0.15, 0.2) is 0 Å². The van der Waals surface area contributed by atoms with Crippen LogP contribution in [0.4, 0.5) is 0 Å². The second-order valence-electron chi connectivity index (χ2n) is 2.63. The normalized spacial score (nSPS) is 11.7. The molecule has 1 rings (SSSR count). The van der Waals surface area contributed by atoms with Crippen molar-refractivity contribution in [3.8, 4) is 0 Å². The minimum Gasteiger partial charge on any atom is -0.329 e. The Balaban J connectivity index is 3.00. The van der Waals surface area contributed by atoms with E-state index in [1.165, 1.54) is 6.07 Å². The fraction of sp³-hybridized carbons (Fsp3) is 0.286. The molecule has 1 aromatic rings. The van der Waals surface area contributed by atoms with Gasteiger partial charge in [-0.3, -0.25) is 0 Å². The van der Waals surface area contributed by atoms with Crippen molar-refractivity contribution < 1.29 is 8.42 Å². The van der Waals surface area contributed by atoms with Crippen molar-refractivity contribution in [1.82, 2.24) is 9.71 Å². The Morgan fingerprint density at radius 1 is 1.47 bits per heavy atom. The van der Waals surface area contributed by atoms with Crippen LogP contribution >= 0.6 is 23.2 Å². The van der Waals surface area contributed by atoms with Gasteiger partial charge in [0.2, 0.25) is 10.0 Å². The van der Waals surface area contributed by atoms with Crippen molar-refractivity contribution >= 4 is 33.2 Å². The molecule has 84 valence electrons. The molecule has 0 aliphatic heterocycles. The van der Waals surface area contributed by atoms with Crippen LogP contribution < -0.4 is 10.5 Å². The van der Waals surface area contributed by atoms with E-state index in [2.05, 4.69) is 9.71 Å². The maximum atomic E-state index is 11.5. The summed E-state index contributed by atoms with van der Waals surface area (Å²) in [4.78, 5) is 3.60.